The molecular weight excluding hydrogens is 360 g/mol. The summed E-state index contributed by atoms with van der Waals surface area (Å²) in [6.07, 6.45) is 10.3. The average Bonchev–Trinajstić information content (AvgIpc) is 2.70. The molecule has 0 aliphatic carbocycles. The van der Waals surface area contributed by atoms with Crippen LogP contribution in [0.2, 0.25) is 0 Å². The highest BCUT2D eigenvalue weighted by Gasteiger charge is 2.42. The summed E-state index contributed by atoms with van der Waals surface area (Å²) in [5.74, 6) is -0.571. The third-order valence-corrected chi connectivity index (χ3v) is 5.94. The molecule has 2 aromatic rings. The standard InChI is InChI=1S/C22H29ClN2O2/c1-4-6-7-8-9-17-14-24-20(25-15-17)18-10-12-19(13-11-18)22(23,21(26)27)16(3)5-2/h10-16H,4-9H2,1-3H3,(H,26,27). The summed E-state index contributed by atoms with van der Waals surface area (Å²) in [6.45, 7) is 6.00. The molecule has 0 radical (unpaired) electrons. The van der Waals surface area contributed by atoms with E-state index in [2.05, 4.69) is 16.9 Å². The Morgan fingerprint density at radius 2 is 1.74 bits per heavy atom. The van der Waals surface area contributed by atoms with Crippen LogP contribution in [0.1, 0.15) is 64.0 Å². The summed E-state index contributed by atoms with van der Waals surface area (Å²) in [6, 6.07) is 7.22. The van der Waals surface area contributed by atoms with E-state index in [1.165, 1.54) is 19.3 Å². The second-order valence-corrected chi connectivity index (χ2v) is 7.73. The van der Waals surface area contributed by atoms with Gasteiger partial charge in [-0.3, -0.25) is 0 Å². The minimum absolute atomic E-state index is 0.189. The molecule has 0 aliphatic heterocycles. The fourth-order valence-electron chi connectivity index (χ4n) is 3.15. The fourth-order valence-corrected chi connectivity index (χ4v) is 3.43. The van der Waals surface area contributed by atoms with Crippen molar-refractivity contribution in [2.75, 3.05) is 0 Å². The molecule has 1 aromatic carbocycles. The molecule has 1 aromatic heterocycles. The van der Waals surface area contributed by atoms with Crippen LogP contribution >= 0.6 is 11.6 Å². The number of carboxylic acid groups (broad SMARTS) is 1. The molecule has 0 spiro atoms. The van der Waals surface area contributed by atoms with Gasteiger partial charge in [-0.05, 0) is 29.9 Å². The minimum Gasteiger partial charge on any atom is -0.480 e. The molecule has 1 heterocycles. The number of aryl methyl sites for hydroxylation is 1. The van der Waals surface area contributed by atoms with Crippen LogP contribution in [-0.4, -0.2) is 21.0 Å². The maximum atomic E-state index is 11.8. The first kappa shape index (κ1) is 21.4. The lowest BCUT2D eigenvalue weighted by atomic mass is 9.84. The lowest BCUT2D eigenvalue weighted by molar-refractivity contribution is -0.142. The molecule has 27 heavy (non-hydrogen) atoms. The number of halogens is 1. The van der Waals surface area contributed by atoms with Crippen molar-refractivity contribution in [2.24, 2.45) is 5.92 Å². The molecule has 5 heteroatoms. The van der Waals surface area contributed by atoms with Gasteiger partial charge in [0.25, 0.3) is 0 Å². The van der Waals surface area contributed by atoms with Crippen LogP contribution < -0.4 is 0 Å². The number of aromatic nitrogens is 2. The number of aliphatic carboxylic acids is 1. The molecule has 0 fully saturated rings. The monoisotopic (exact) mass is 388 g/mol. The van der Waals surface area contributed by atoms with Gasteiger partial charge in [0.2, 0.25) is 0 Å². The Bertz CT molecular complexity index is 731. The molecule has 4 nitrogen and oxygen atoms in total. The van der Waals surface area contributed by atoms with Crippen LogP contribution in [-0.2, 0) is 16.1 Å². The quantitative estimate of drug-likeness (QED) is 0.410. The molecule has 0 saturated carbocycles. The van der Waals surface area contributed by atoms with E-state index in [0.717, 1.165) is 24.0 Å². The number of hydrogen-bond donors (Lipinski definition) is 1. The van der Waals surface area contributed by atoms with Gasteiger partial charge < -0.3 is 5.11 Å². The summed E-state index contributed by atoms with van der Waals surface area (Å²) in [5.41, 5.74) is 2.58. The Hall–Kier alpha value is -1.94. The van der Waals surface area contributed by atoms with Gasteiger partial charge in [-0.2, -0.15) is 0 Å². The maximum absolute atomic E-state index is 11.8. The Balaban J connectivity index is 2.13. The number of carboxylic acids is 1. The van der Waals surface area contributed by atoms with Gasteiger partial charge in [-0.25, -0.2) is 14.8 Å². The number of hydrogen-bond acceptors (Lipinski definition) is 3. The Morgan fingerprint density at radius 1 is 1.11 bits per heavy atom. The van der Waals surface area contributed by atoms with E-state index < -0.39 is 10.8 Å². The van der Waals surface area contributed by atoms with Crippen molar-refractivity contribution in [3.8, 4) is 11.4 Å². The second-order valence-electron chi connectivity index (χ2n) is 7.13. The average molecular weight is 389 g/mol. The Morgan fingerprint density at radius 3 is 2.26 bits per heavy atom. The maximum Gasteiger partial charge on any atom is 0.329 e. The lowest BCUT2D eigenvalue weighted by Gasteiger charge is -2.29. The van der Waals surface area contributed by atoms with Crippen molar-refractivity contribution in [3.63, 3.8) is 0 Å². The number of alkyl halides is 1. The Kier molecular flexibility index (Phi) is 7.78. The molecule has 0 amide bonds. The number of unbranched alkanes of at least 4 members (excludes halogenated alkanes) is 3. The highest BCUT2D eigenvalue weighted by atomic mass is 35.5. The highest BCUT2D eigenvalue weighted by Crippen LogP contribution is 2.39. The molecular formula is C22H29ClN2O2. The highest BCUT2D eigenvalue weighted by molar-refractivity contribution is 6.33. The lowest BCUT2D eigenvalue weighted by Crippen LogP contribution is -2.36. The third-order valence-electron chi connectivity index (χ3n) is 5.19. The number of rotatable bonds is 10. The zero-order chi connectivity index (χ0) is 19.9. The van der Waals surface area contributed by atoms with Crippen molar-refractivity contribution < 1.29 is 9.90 Å². The van der Waals surface area contributed by atoms with Crippen molar-refractivity contribution in [3.05, 3.63) is 47.8 Å². The summed E-state index contributed by atoms with van der Waals surface area (Å²) in [4.78, 5) is 19.3. The van der Waals surface area contributed by atoms with E-state index in [-0.39, 0.29) is 5.92 Å². The first-order valence-corrected chi connectivity index (χ1v) is 10.1. The van der Waals surface area contributed by atoms with Crippen LogP contribution in [0.3, 0.4) is 0 Å². The van der Waals surface area contributed by atoms with E-state index in [1.54, 1.807) is 12.1 Å². The molecule has 2 rings (SSSR count). The van der Waals surface area contributed by atoms with Crippen molar-refractivity contribution in [1.82, 2.24) is 9.97 Å². The largest absolute Gasteiger partial charge is 0.480 e. The summed E-state index contributed by atoms with van der Waals surface area (Å²) < 4.78 is 0. The summed E-state index contributed by atoms with van der Waals surface area (Å²) in [7, 11) is 0. The van der Waals surface area contributed by atoms with Crippen LogP contribution in [0.15, 0.2) is 36.7 Å². The van der Waals surface area contributed by atoms with E-state index in [1.807, 2.05) is 38.4 Å². The van der Waals surface area contributed by atoms with Crippen LogP contribution in [0.4, 0.5) is 0 Å². The number of carbonyl (C=O) groups is 1. The zero-order valence-electron chi connectivity index (χ0n) is 16.4. The third kappa shape index (κ3) is 5.07. The molecule has 2 atom stereocenters. The van der Waals surface area contributed by atoms with Crippen LogP contribution in [0.5, 0.6) is 0 Å². The molecule has 0 aliphatic rings. The first-order chi connectivity index (χ1) is 12.9. The van der Waals surface area contributed by atoms with Gasteiger partial charge in [0.1, 0.15) is 0 Å². The van der Waals surface area contributed by atoms with Crippen molar-refractivity contribution >= 4 is 17.6 Å². The zero-order valence-corrected chi connectivity index (χ0v) is 17.2. The number of benzene rings is 1. The molecule has 146 valence electrons. The minimum atomic E-state index is -1.42. The SMILES string of the molecule is CCCCCCc1cnc(-c2ccc(C(Cl)(C(=O)O)C(C)CC)cc2)nc1. The van der Waals surface area contributed by atoms with Gasteiger partial charge in [-0.15, -0.1) is 11.6 Å². The van der Waals surface area contributed by atoms with Crippen LogP contribution in [0, 0.1) is 5.92 Å². The van der Waals surface area contributed by atoms with E-state index in [4.69, 9.17) is 11.6 Å². The van der Waals surface area contributed by atoms with Crippen molar-refractivity contribution in [1.29, 1.82) is 0 Å². The first-order valence-electron chi connectivity index (χ1n) is 9.77. The van der Waals surface area contributed by atoms with Gasteiger partial charge in [0, 0.05) is 18.0 Å². The van der Waals surface area contributed by atoms with Crippen LogP contribution in [0.25, 0.3) is 11.4 Å². The molecule has 1 N–H and O–H groups in total. The van der Waals surface area contributed by atoms with Gasteiger partial charge in [0.05, 0.1) is 0 Å². The molecule has 0 bridgehead atoms. The summed E-state index contributed by atoms with van der Waals surface area (Å²) in [5, 5.41) is 9.65. The topological polar surface area (TPSA) is 63.1 Å². The normalized spacial score (nSPS) is 14.5. The second kappa shape index (κ2) is 9.84. The van der Waals surface area contributed by atoms with E-state index >= 15 is 0 Å². The molecule has 2 unspecified atom stereocenters. The van der Waals surface area contributed by atoms with Gasteiger partial charge >= 0.3 is 5.97 Å². The predicted octanol–water partition coefficient (Wildman–Crippen LogP) is 5.83. The van der Waals surface area contributed by atoms with E-state index in [9.17, 15) is 9.90 Å². The summed E-state index contributed by atoms with van der Waals surface area (Å²) >= 11 is 6.51. The Labute approximate surface area is 167 Å². The smallest absolute Gasteiger partial charge is 0.329 e. The van der Waals surface area contributed by atoms with Gasteiger partial charge in [0.15, 0.2) is 10.7 Å². The predicted molar refractivity (Wildman–Crippen MR) is 110 cm³/mol. The fraction of sp³-hybridized carbons (Fsp3) is 0.500. The van der Waals surface area contributed by atoms with Gasteiger partial charge in [-0.1, -0.05) is 70.7 Å². The number of nitrogens with zero attached hydrogens (tertiary/aromatic N) is 2. The van der Waals surface area contributed by atoms with E-state index in [0.29, 0.717) is 17.8 Å². The molecule has 0 saturated heterocycles. The van der Waals surface area contributed by atoms with Crippen molar-refractivity contribution in [2.45, 2.75) is 64.2 Å².